The van der Waals surface area contributed by atoms with Gasteiger partial charge in [-0.05, 0) is 38.8 Å². The Balaban J connectivity index is 2.61. The van der Waals surface area contributed by atoms with Crippen LogP contribution in [0.2, 0.25) is 0 Å². The molecule has 0 aromatic heterocycles. The first-order chi connectivity index (χ1) is 6.41. The van der Waals surface area contributed by atoms with E-state index in [1.54, 1.807) is 0 Å². The molecule has 0 unspecified atom stereocenters. The lowest BCUT2D eigenvalue weighted by atomic mass is 9.97. The van der Waals surface area contributed by atoms with Gasteiger partial charge in [-0.25, -0.2) is 0 Å². The van der Waals surface area contributed by atoms with Crippen LogP contribution in [-0.2, 0) is 6.42 Å². The molecule has 2 rings (SSSR count). The predicted molar refractivity (Wildman–Crippen MR) is 58.7 cm³/mol. The first-order valence-corrected chi connectivity index (χ1v) is 4.98. The van der Waals surface area contributed by atoms with Crippen LogP contribution in [0.15, 0.2) is 6.07 Å². The van der Waals surface area contributed by atoms with Crippen molar-refractivity contribution in [2.45, 2.75) is 39.7 Å². The summed E-state index contributed by atoms with van der Waals surface area (Å²) < 4.78 is 5.88. The second kappa shape index (κ2) is 2.66. The normalized spacial score (nSPS) is 17.7. The van der Waals surface area contributed by atoms with Gasteiger partial charge in [-0.3, -0.25) is 0 Å². The fourth-order valence-electron chi connectivity index (χ4n) is 2.12. The first-order valence-electron chi connectivity index (χ1n) is 4.98. The number of aryl methyl sites for hydroxylation is 2. The Morgan fingerprint density at radius 1 is 1.29 bits per heavy atom. The number of ether oxygens (including phenoxy) is 1. The monoisotopic (exact) mass is 191 g/mol. The Bertz CT molecular complexity index is 394. The van der Waals surface area contributed by atoms with Crippen LogP contribution in [0, 0.1) is 13.8 Å². The predicted octanol–water partition coefficient (Wildman–Crippen LogP) is 2.60. The number of nitrogens with two attached hydrogens (primary N) is 1. The molecule has 1 aliphatic rings. The van der Waals surface area contributed by atoms with Crippen LogP contribution in [0.1, 0.15) is 30.5 Å². The van der Waals surface area contributed by atoms with Gasteiger partial charge in [0.2, 0.25) is 0 Å². The Hall–Kier alpha value is -1.18. The zero-order chi connectivity index (χ0) is 10.5. The molecule has 14 heavy (non-hydrogen) atoms. The van der Waals surface area contributed by atoms with E-state index in [2.05, 4.69) is 26.8 Å². The van der Waals surface area contributed by atoms with Gasteiger partial charge in [-0.15, -0.1) is 0 Å². The SMILES string of the molecule is Cc1cc(C)c2c(c1N)CC(C)(C)O2. The number of nitrogen functional groups attached to an aromatic ring is 1. The van der Waals surface area contributed by atoms with Crippen molar-refractivity contribution in [3.05, 3.63) is 22.8 Å². The molecule has 0 aliphatic carbocycles. The highest BCUT2D eigenvalue weighted by atomic mass is 16.5. The van der Waals surface area contributed by atoms with Crippen molar-refractivity contribution in [3.63, 3.8) is 0 Å². The third-order valence-corrected chi connectivity index (χ3v) is 2.80. The summed E-state index contributed by atoms with van der Waals surface area (Å²) >= 11 is 0. The van der Waals surface area contributed by atoms with Crippen LogP contribution in [0.5, 0.6) is 5.75 Å². The highest BCUT2D eigenvalue weighted by Gasteiger charge is 2.33. The summed E-state index contributed by atoms with van der Waals surface area (Å²) in [7, 11) is 0. The summed E-state index contributed by atoms with van der Waals surface area (Å²) in [6.45, 7) is 8.32. The Kier molecular flexibility index (Phi) is 1.78. The number of hydrogen-bond donors (Lipinski definition) is 1. The molecule has 0 saturated carbocycles. The summed E-state index contributed by atoms with van der Waals surface area (Å²) in [4.78, 5) is 0. The highest BCUT2D eigenvalue weighted by Crippen LogP contribution is 2.41. The van der Waals surface area contributed by atoms with Gasteiger partial charge in [-0.1, -0.05) is 6.07 Å². The molecule has 0 radical (unpaired) electrons. The Morgan fingerprint density at radius 3 is 2.57 bits per heavy atom. The minimum atomic E-state index is -0.102. The van der Waals surface area contributed by atoms with Gasteiger partial charge in [-0.2, -0.15) is 0 Å². The first kappa shape index (κ1) is 9.38. The third-order valence-electron chi connectivity index (χ3n) is 2.80. The zero-order valence-corrected chi connectivity index (χ0v) is 9.27. The molecule has 1 heterocycles. The number of rotatable bonds is 0. The van der Waals surface area contributed by atoms with E-state index >= 15 is 0 Å². The topological polar surface area (TPSA) is 35.2 Å². The van der Waals surface area contributed by atoms with E-state index in [-0.39, 0.29) is 5.60 Å². The minimum Gasteiger partial charge on any atom is -0.487 e. The summed E-state index contributed by atoms with van der Waals surface area (Å²) in [5.74, 6) is 0.998. The van der Waals surface area contributed by atoms with Crippen LogP contribution < -0.4 is 10.5 Å². The van der Waals surface area contributed by atoms with Crippen molar-refractivity contribution in [3.8, 4) is 5.75 Å². The van der Waals surface area contributed by atoms with Crippen molar-refractivity contribution >= 4 is 5.69 Å². The summed E-state index contributed by atoms with van der Waals surface area (Å²) in [5, 5.41) is 0. The smallest absolute Gasteiger partial charge is 0.128 e. The largest absolute Gasteiger partial charge is 0.487 e. The lowest BCUT2D eigenvalue weighted by Crippen LogP contribution is -2.24. The van der Waals surface area contributed by atoms with Crippen LogP contribution in [0.3, 0.4) is 0 Å². The van der Waals surface area contributed by atoms with E-state index in [1.807, 2.05) is 6.92 Å². The van der Waals surface area contributed by atoms with Crippen molar-refractivity contribution < 1.29 is 4.74 Å². The van der Waals surface area contributed by atoms with Gasteiger partial charge in [0, 0.05) is 17.7 Å². The number of fused-ring (bicyclic) bond motifs is 1. The lowest BCUT2D eigenvalue weighted by Gasteiger charge is -2.17. The van der Waals surface area contributed by atoms with Crippen LogP contribution in [0.25, 0.3) is 0 Å². The van der Waals surface area contributed by atoms with Gasteiger partial charge < -0.3 is 10.5 Å². The maximum absolute atomic E-state index is 6.04. The number of hydrogen-bond acceptors (Lipinski definition) is 2. The fraction of sp³-hybridized carbons (Fsp3) is 0.500. The van der Waals surface area contributed by atoms with Crippen molar-refractivity contribution in [2.75, 3.05) is 5.73 Å². The molecular weight excluding hydrogens is 174 g/mol. The molecular formula is C12H17NO. The fourth-order valence-corrected chi connectivity index (χ4v) is 2.12. The number of benzene rings is 1. The minimum absolute atomic E-state index is 0.102. The van der Waals surface area contributed by atoms with Gasteiger partial charge in [0.1, 0.15) is 11.4 Å². The van der Waals surface area contributed by atoms with E-state index in [0.717, 1.165) is 23.4 Å². The second-order valence-electron chi connectivity index (χ2n) is 4.77. The molecule has 2 nitrogen and oxygen atoms in total. The van der Waals surface area contributed by atoms with Gasteiger partial charge >= 0.3 is 0 Å². The molecule has 1 aliphatic heterocycles. The van der Waals surface area contributed by atoms with Crippen molar-refractivity contribution in [2.24, 2.45) is 0 Å². The maximum atomic E-state index is 6.04. The lowest BCUT2D eigenvalue weighted by molar-refractivity contribution is 0.137. The molecule has 0 amide bonds. The maximum Gasteiger partial charge on any atom is 0.128 e. The molecule has 0 atom stereocenters. The zero-order valence-electron chi connectivity index (χ0n) is 9.27. The van der Waals surface area contributed by atoms with Crippen LogP contribution in [0.4, 0.5) is 5.69 Å². The van der Waals surface area contributed by atoms with E-state index in [1.165, 1.54) is 11.1 Å². The Morgan fingerprint density at radius 2 is 1.93 bits per heavy atom. The molecule has 2 N–H and O–H groups in total. The molecule has 2 heteroatoms. The number of anilines is 1. The average molecular weight is 191 g/mol. The van der Waals surface area contributed by atoms with E-state index in [0.29, 0.717) is 0 Å². The van der Waals surface area contributed by atoms with E-state index < -0.39 is 0 Å². The summed E-state index contributed by atoms with van der Waals surface area (Å²) in [6, 6.07) is 2.09. The second-order valence-corrected chi connectivity index (χ2v) is 4.77. The van der Waals surface area contributed by atoms with Crippen LogP contribution in [-0.4, -0.2) is 5.60 Å². The highest BCUT2D eigenvalue weighted by molar-refractivity contribution is 5.64. The molecule has 0 saturated heterocycles. The van der Waals surface area contributed by atoms with Gasteiger partial charge in [0.05, 0.1) is 0 Å². The quantitative estimate of drug-likeness (QED) is 0.640. The van der Waals surface area contributed by atoms with E-state index in [9.17, 15) is 0 Å². The average Bonchev–Trinajstić information content (AvgIpc) is 2.38. The van der Waals surface area contributed by atoms with Gasteiger partial charge in [0.15, 0.2) is 0 Å². The van der Waals surface area contributed by atoms with Crippen molar-refractivity contribution in [1.29, 1.82) is 0 Å². The summed E-state index contributed by atoms with van der Waals surface area (Å²) in [6.07, 6.45) is 0.913. The van der Waals surface area contributed by atoms with Crippen LogP contribution >= 0.6 is 0 Å². The van der Waals surface area contributed by atoms with E-state index in [4.69, 9.17) is 10.5 Å². The molecule has 0 spiro atoms. The van der Waals surface area contributed by atoms with Gasteiger partial charge in [0.25, 0.3) is 0 Å². The molecule has 76 valence electrons. The molecule has 1 aromatic rings. The van der Waals surface area contributed by atoms with Crippen molar-refractivity contribution in [1.82, 2.24) is 0 Å². The third kappa shape index (κ3) is 1.26. The standard InChI is InChI=1S/C12H17NO/c1-7-5-8(2)11-9(10(7)13)6-12(3,4)14-11/h5H,6,13H2,1-4H3. The molecule has 0 bridgehead atoms. The summed E-state index contributed by atoms with van der Waals surface area (Å²) in [5.41, 5.74) is 10.4. The molecule has 0 fully saturated rings. The molecule has 1 aromatic carbocycles. The Labute approximate surface area is 85.1 Å².